The number of nitrogens with one attached hydrogen (secondary N) is 2. The minimum atomic E-state index is 0.451. The first-order valence-electron chi connectivity index (χ1n) is 6.03. The number of anilines is 3. The number of nitrogens with zero attached hydrogens (tertiary/aromatic N) is 3. The highest BCUT2D eigenvalue weighted by Crippen LogP contribution is 2.28. The molecular weight excluding hydrogens is 254 g/mol. The third kappa shape index (κ3) is 2.95. The Bertz CT molecular complexity index is 640. The standard InChI is InChI=1S/C14H15N5O/c1-9-4-11(5-10(2)14(9)20-3)19-13-6-12(16-7-15)17-8-18-13/h4-6,8H,1-3H3,(H2,16,17,18,19). The van der Waals surface area contributed by atoms with Crippen molar-refractivity contribution >= 4 is 17.3 Å². The zero-order valence-corrected chi connectivity index (χ0v) is 11.6. The fraction of sp³-hybridized carbons (Fsp3) is 0.214. The molecular formula is C14H15N5O. The number of nitriles is 1. The van der Waals surface area contributed by atoms with Crippen molar-refractivity contribution in [3.05, 3.63) is 35.7 Å². The fourth-order valence-corrected chi connectivity index (χ4v) is 2.04. The Morgan fingerprint density at radius 1 is 1.10 bits per heavy atom. The maximum atomic E-state index is 8.57. The number of benzene rings is 1. The zero-order chi connectivity index (χ0) is 14.5. The van der Waals surface area contributed by atoms with Crippen LogP contribution in [0.4, 0.5) is 17.3 Å². The quantitative estimate of drug-likeness (QED) is 0.656. The molecule has 0 aliphatic carbocycles. The maximum Gasteiger partial charge on any atom is 0.182 e. The lowest BCUT2D eigenvalue weighted by molar-refractivity contribution is 0.408. The summed E-state index contributed by atoms with van der Waals surface area (Å²) in [4.78, 5) is 8.04. The second-order valence-electron chi connectivity index (χ2n) is 4.29. The summed E-state index contributed by atoms with van der Waals surface area (Å²) in [5, 5.41) is 14.2. The molecule has 0 amide bonds. The van der Waals surface area contributed by atoms with Gasteiger partial charge in [0.25, 0.3) is 0 Å². The number of methoxy groups -OCH3 is 1. The van der Waals surface area contributed by atoms with Gasteiger partial charge in [0.05, 0.1) is 7.11 Å². The van der Waals surface area contributed by atoms with E-state index in [1.54, 1.807) is 13.2 Å². The Labute approximate surface area is 117 Å². The lowest BCUT2D eigenvalue weighted by Crippen LogP contribution is -1.99. The van der Waals surface area contributed by atoms with E-state index < -0.39 is 0 Å². The third-order valence-corrected chi connectivity index (χ3v) is 2.79. The van der Waals surface area contributed by atoms with Gasteiger partial charge in [0.15, 0.2) is 6.19 Å². The van der Waals surface area contributed by atoms with Crippen LogP contribution in [0.15, 0.2) is 24.5 Å². The van der Waals surface area contributed by atoms with Gasteiger partial charge in [-0.1, -0.05) is 0 Å². The summed E-state index contributed by atoms with van der Waals surface area (Å²) in [6.07, 6.45) is 3.22. The van der Waals surface area contributed by atoms with Crippen LogP contribution in [0, 0.1) is 25.3 Å². The zero-order valence-electron chi connectivity index (χ0n) is 11.6. The molecule has 0 aliphatic heterocycles. The molecule has 0 fully saturated rings. The van der Waals surface area contributed by atoms with E-state index in [-0.39, 0.29) is 0 Å². The van der Waals surface area contributed by atoms with Crippen LogP contribution in [0.3, 0.4) is 0 Å². The van der Waals surface area contributed by atoms with Crippen molar-refractivity contribution in [3.8, 4) is 11.9 Å². The van der Waals surface area contributed by atoms with Crippen LogP contribution in [-0.4, -0.2) is 17.1 Å². The Balaban J connectivity index is 2.26. The van der Waals surface area contributed by atoms with Gasteiger partial charge >= 0.3 is 0 Å². The Morgan fingerprint density at radius 3 is 2.35 bits per heavy atom. The molecule has 0 atom stereocenters. The molecule has 0 saturated heterocycles. The fourth-order valence-electron chi connectivity index (χ4n) is 2.04. The van der Waals surface area contributed by atoms with E-state index in [4.69, 9.17) is 10.00 Å². The van der Waals surface area contributed by atoms with Crippen LogP contribution in [0.5, 0.6) is 5.75 Å². The van der Waals surface area contributed by atoms with Crippen LogP contribution in [0.25, 0.3) is 0 Å². The van der Waals surface area contributed by atoms with Gasteiger partial charge in [-0.15, -0.1) is 0 Å². The second-order valence-corrected chi connectivity index (χ2v) is 4.29. The number of aryl methyl sites for hydroxylation is 2. The minimum Gasteiger partial charge on any atom is -0.496 e. The van der Waals surface area contributed by atoms with Crippen molar-refractivity contribution in [2.45, 2.75) is 13.8 Å². The number of ether oxygens (including phenoxy) is 1. The summed E-state index contributed by atoms with van der Waals surface area (Å²) in [5.41, 5.74) is 2.99. The van der Waals surface area contributed by atoms with Crippen molar-refractivity contribution in [2.24, 2.45) is 0 Å². The van der Waals surface area contributed by atoms with E-state index in [0.29, 0.717) is 11.6 Å². The summed E-state index contributed by atoms with van der Waals surface area (Å²) in [5.74, 6) is 1.94. The largest absolute Gasteiger partial charge is 0.496 e. The maximum absolute atomic E-state index is 8.57. The highest BCUT2D eigenvalue weighted by Gasteiger charge is 2.06. The van der Waals surface area contributed by atoms with Gasteiger partial charge in [-0.2, -0.15) is 5.26 Å². The Kier molecular flexibility index (Phi) is 4.01. The van der Waals surface area contributed by atoms with Crippen molar-refractivity contribution < 1.29 is 4.74 Å². The van der Waals surface area contributed by atoms with Crippen LogP contribution >= 0.6 is 0 Å². The van der Waals surface area contributed by atoms with Gasteiger partial charge in [-0.25, -0.2) is 9.97 Å². The smallest absolute Gasteiger partial charge is 0.182 e. The molecule has 0 bridgehead atoms. The molecule has 0 radical (unpaired) electrons. The first-order valence-corrected chi connectivity index (χ1v) is 6.03. The number of hydrogen-bond donors (Lipinski definition) is 2. The molecule has 102 valence electrons. The molecule has 0 aliphatic rings. The molecule has 6 nitrogen and oxygen atoms in total. The van der Waals surface area contributed by atoms with Crippen molar-refractivity contribution in [1.29, 1.82) is 5.26 Å². The van der Waals surface area contributed by atoms with Crippen LogP contribution < -0.4 is 15.4 Å². The summed E-state index contributed by atoms with van der Waals surface area (Å²) >= 11 is 0. The molecule has 1 aromatic carbocycles. The van der Waals surface area contributed by atoms with Gasteiger partial charge in [-0.3, -0.25) is 5.32 Å². The minimum absolute atomic E-state index is 0.451. The Hall–Kier alpha value is -2.81. The molecule has 0 unspecified atom stereocenters. The molecule has 0 spiro atoms. The molecule has 1 heterocycles. The first kappa shape index (κ1) is 13.6. The highest BCUT2D eigenvalue weighted by atomic mass is 16.5. The van der Waals surface area contributed by atoms with E-state index in [9.17, 15) is 0 Å². The van der Waals surface area contributed by atoms with Crippen LogP contribution in [-0.2, 0) is 0 Å². The topological polar surface area (TPSA) is 82.9 Å². The molecule has 20 heavy (non-hydrogen) atoms. The summed E-state index contributed by atoms with van der Waals surface area (Å²) in [7, 11) is 1.66. The SMILES string of the molecule is COc1c(C)cc(Nc2cc(NC#N)ncn2)cc1C. The van der Waals surface area contributed by atoms with E-state index in [0.717, 1.165) is 22.6 Å². The van der Waals surface area contributed by atoms with Crippen molar-refractivity contribution in [3.63, 3.8) is 0 Å². The van der Waals surface area contributed by atoms with Crippen molar-refractivity contribution in [1.82, 2.24) is 9.97 Å². The lowest BCUT2D eigenvalue weighted by atomic mass is 10.1. The summed E-state index contributed by atoms with van der Waals surface area (Å²) in [6.45, 7) is 3.97. The molecule has 2 rings (SSSR count). The molecule has 6 heteroatoms. The normalized spacial score (nSPS) is 9.70. The highest BCUT2D eigenvalue weighted by molar-refractivity contribution is 5.63. The molecule has 0 saturated carbocycles. The molecule has 2 N–H and O–H groups in total. The van der Waals surface area contributed by atoms with E-state index in [1.165, 1.54) is 6.33 Å². The first-order chi connectivity index (χ1) is 9.63. The van der Waals surface area contributed by atoms with E-state index in [1.807, 2.05) is 32.2 Å². The third-order valence-electron chi connectivity index (χ3n) is 2.79. The van der Waals surface area contributed by atoms with Gasteiger partial charge < -0.3 is 10.1 Å². The van der Waals surface area contributed by atoms with Crippen LogP contribution in [0.1, 0.15) is 11.1 Å². The summed E-state index contributed by atoms with van der Waals surface area (Å²) in [6, 6.07) is 5.62. The number of hydrogen-bond acceptors (Lipinski definition) is 6. The summed E-state index contributed by atoms with van der Waals surface area (Å²) < 4.78 is 5.33. The Morgan fingerprint density at radius 2 is 1.75 bits per heavy atom. The van der Waals surface area contributed by atoms with Gasteiger partial charge in [-0.05, 0) is 37.1 Å². The predicted molar refractivity (Wildman–Crippen MR) is 77.0 cm³/mol. The molecule has 1 aromatic heterocycles. The lowest BCUT2D eigenvalue weighted by Gasteiger charge is -2.12. The second kappa shape index (κ2) is 5.89. The average Bonchev–Trinajstić information content (AvgIpc) is 2.39. The number of aromatic nitrogens is 2. The molecule has 2 aromatic rings. The van der Waals surface area contributed by atoms with E-state index >= 15 is 0 Å². The van der Waals surface area contributed by atoms with Gasteiger partial charge in [0, 0.05) is 11.8 Å². The van der Waals surface area contributed by atoms with Gasteiger partial charge in [0.1, 0.15) is 23.7 Å². The van der Waals surface area contributed by atoms with E-state index in [2.05, 4.69) is 20.6 Å². The monoisotopic (exact) mass is 269 g/mol. The average molecular weight is 269 g/mol. The van der Waals surface area contributed by atoms with Crippen LogP contribution in [0.2, 0.25) is 0 Å². The predicted octanol–water partition coefficient (Wildman–Crippen LogP) is 2.74. The van der Waals surface area contributed by atoms with Crippen molar-refractivity contribution in [2.75, 3.05) is 17.7 Å². The van der Waals surface area contributed by atoms with Gasteiger partial charge in [0.2, 0.25) is 0 Å². The number of rotatable bonds is 4.